The molecule has 0 spiro atoms. The van der Waals surface area contributed by atoms with Crippen LogP contribution in [0.1, 0.15) is 13.8 Å². The van der Waals surface area contributed by atoms with Gasteiger partial charge in [-0.05, 0) is 13.8 Å². The van der Waals surface area contributed by atoms with Crippen LogP contribution in [0.4, 0.5) is 0 Å². The van der Waals surface area contributed by atoms with Gasteiger partial charge in [-0.15, -0.1) is 0 Å². The van der Waals surface area contributed by atoms with Crippen LogP contribution in [0.25, 0.3) is 0 Å². The fraction of sp³-hybridized carbons (Fsp3) is 0.333. The summed E-state index contributed by atoms with van der Waals surface area (Å²) < 4.78 is 4.82. The molecule has 0 aromatic rings. The molecule has 7 heavy (non-hydrogen) atoms. The molecule has 0 saturated carbocycles. The zero-order chi connectivity index (χ0) is 5.70. The van der Waals surface area contributed by atoms with E-state index in [0.29, 0.717) is 0 Å². The van der Waals surface area contributed by atoms with Crippen molar-refractivity contribution in [2.45, 2.75) is 13.8 Å². The van der Waals surface area contributed by atoms with Gasteiger partial charge in [0, 0.05) is 0 Å². The molecule has 40 valence electrons. The molecule has 1 nitrogen and oxygen atoms in total. The Hall–Kier alpha value is -0.720. The topological polar surface area (TPSA) is 9.23 Å². The van der Waals surface area contributed by atoms with Gasteiger partial charge in [-0.25, -0.2) is 0 Å². The van der Waals surface area contributed by atoms with Crippen molar-refractivity contribution < 1.29 is 4.74 Å². The van der Waals surface area contributed by atoms with Crippen molar-refractivity contribution in [3.05, 3.63) is 24.7 Å². The first-order valence-corrected chi connectivity index (χ1v) is 2.20. The molecule has 0 aliphatic heterocycles. The third-order valence-electron chi connectivity index (χ3n) is 0.405. The minimum absolute atomic E-state index is 0.720. The van der Waals surface area contributed by atoms with Crippen LogP contribution in [-0.4, -0.2) is 0 Å². The Labute approximate surface area is 44.3 Å². The maximum atomic E-state index is 4.82. The first kappa shape index (κ1) is 6.28. The highest BCUT2D eigenvalue weighted by atomic mass is 16.5. The van der Waals surface area contributed by atoms with Gasteiger partial charge in [-0.2, -0.15) is 0 Å². The SMILES string of the molecule is C=C(C)OC=CC. The molecule has 0 aromatic carbocycles. The highest BCUT2D eigenvalue weighted by Crippen LogP contribution is 1.88. The molecule has 0 saturated heterocycles. The average Bonchev–Trinajstić information content (AvgIpc) is 1.61. The summed E-state index contributed by atoms with van der Waals surface area (Å²) in [5.74, 6) is 0.720. The van der Waals surface area contributed by atoms with Crippen molar-refractivity contribution in [1.82, 2.24) is 0 Å². The largest absolute Gasteiger partial charge is 0.471 e. The molecule has 0 unspecified atom stereocenters. The Morgan fingerprint density at radius 1 is 1.71 bits per heavy atom. The molecule has 0 rings (SSSR count). The maximum Gasteiger partial charge on any atom is 0.0929 e. The van der Waals surface area contributed by atoms with E-state index in [-0.39, 0.29) is 0 Å². The van der Waals surface area contributed by atoms with E-state index in [0.717, 1.165) is 5.76 Å². The van der Waals surface area contributed by atoms with Gasteiger partial charge in [0.2, 0.25) is 0 Å². The normalized spacial score (nSPS) is 9.43. The second kappa shape index (κ2) is 3.47. The number of hydrogen-bond donors (Lipinski definition) is 0. The van der Waals surface area contributed by atoms with Gasteiger partial charge in [0.25, 0.3) is 0 Å². The lowest BCUT2D eigenvalue weighted by molar-refractivity contribution is 0.355. The predicted molar refractivity (Wildman–Crippen MR) is 30.7 cm³/mol. The first-order chi connectivity index (χ1) is 3.27. The summed E-state index contributed by atoms with van der Waals surface area (Å²) in [5, 5.41) is 0. The summed E-state index contributed by atoms with van der Waals surface area (Å²) in [7, 11) is 0. The number of ether oxygens (including phenoxy) is 1. The van der Waals surface area contributed by atoms with Crippen LogP contribution < -0.4 is 0 Å². The summed E-state index contributed by atoms with van der Waals surface area (Å²) in [4.78, 5) is 0. The lowest BCUT2D eigenvalue weighted by Crippen LogP contribution is -1.70. The molecule has 0 amide bonds. The van der Waals surface area contributed by atoms with Gasteiger partial charge >= 0.3 is 0 Å². The van der Waals surface area contributed by atoms with E-state index in [1.807, 2.05) is 13.0 Å². The van der Waals surface area contributed by atoms with Crippen LogP contribution in [0.5, 0.6) is 0 Å². The molecule has 0 heterocycles. The van der Waals surface area contributed by atoms with Crippen LogP contribution >= 0.6 is 0 Å². The van der Waals surface area contributed by atoms with Crippen molar-refractivity contribution in [3.8, 4) is 0 Å². The van der Waals surface area contributed by atoms with E-state index in [2.05, 4.69) is 6.58 Å². The monoisotopic (exact) mass is 98.1 g/mol. The Morgan fingerprint density at radius 3 is 2.43 bits per heavy atom. The molecule has 0 aromatic heterocycles. The predicted octanol–water partition coefficient (Wildman–Crippen LogP) is 2.07. The fourth-order valence-corrected chi connectivity index (χ4v) is 0.184. The van der Waals surface area contributed by atoms with E-state index < -0.39 is 0 Å². The minimum atomic E-state index is 0.720. The molecule has 0 fully saturated rings. The third-order valence-corrected chi connectivity index (χ3v) is 0.405. The van der Waals surface area contributed by atoms with E-state index in [9.17, 15) is 0 Å². The highest BCUT2D eigenvalue weighted by Gasteiger charge is 1.71. The van der Waals surface area contributed by atoms with Crippen LogP contribution in [0.3, 0.4) is 0 Å². The zero-order valence-corrected chi connectivity index (χ0v) is 4.77. The molecule has 0 bridgehead atoms. The lowest BCUT2D eigenvalue weighted by Gasteiger charge is -1.91. The van der Waals surface area contributed by atoms with E-state index >= 15 is 0 Å². The smallest absolute Gasteiger partial charge is 0.0929 e. The lowest BCUT2D eigenvalue weighted by atomic mass is 10.6. The van der Waals surface area contributed by atoms with Crippen LogP contribution in [-0.2, 0) is 4.74 Å². The quantitative estimate of drug-likeness (QED) is 0.480. The molecule has 0 N–H and O–H groups in total. The van der Waals surface area contributed by atoms with Gasteiger partial charge in [0.05, 0.1) is 12.0 Å². The van der Waals surface area contributed by atoms with Crippen LogP contribution in [0, 0.1) is 0 Å². The molecule has 0 atom stereocenters. The Balaban J connectivity index is 3.14. The van der Waals surface area contributed by atoms with E-state index in [1.165, 1.54) is 0 Å². The molecular weight excluding hydrogens is 88.1 g/mol. The molecule has 0 aliphatic rings. The average molecular weight is 98.1 g/mol. The van der Waals surface area contributed by atoms with E-state index in [4.69, 9.17) is 4.74 Å². The number of rotatable bonds is 2. The van der Waals surface area contributed by atoms with Gasteiger partial charge in [0.15, 0.2) is 0 Å². The number of allylic oxidation sites excluding steroid dienone is 2. The second-order valence-corrected chi connectivity index (χ2v) is 1.29. The summed E-state index contributed by atoms with van der Waals surface area (Å²) >= 11 is 0. The second-order valence-electron chi connectivity index (χ2n) is 1.29. The number of hydrogen-bond acceptors (Lipinski definition) is 1. The summed E-state index contributed by atoms with van der Waals surface area (Å²) in [6, 6.07) is 0. The van der Waals surface area contributed by atoms with Crippen molar-refractivity contribution in [1.29, 1.82) is 0 Å². The Kier molecular flexibility index (Phi) is 3.11. The Morgan fingerprint density at radius 2 is 2.29 bits per heavy atom. The summed E-state index contributed by atoms with van der Waals surface area (Å²) in [6.45, 7) is 7.22. The molecule has 0 radical (unpaired) electrons. The first-order valence-electron chi connectivity index (χ1n) is 2.20. The van der Waals surface area contributed by atoms with Crippen molar-refractivity contribution in [2.24, 2.45) is 0 Å². The van der Waals surface area contributed by atoms with Gasteiger partial charge in [-0.1, -0.05) is 12.7 Å². The van der Waals surface area contributed by atoms with Gasteiger partial charge in [-0.3, -0.25) is 0 Å². The van der Waals surface area contributed by atoms with Crippen molar-refractivity contribution in [2.75, 3.05) is 0 Å². The third kappa shape index (κ3) is 5.28. The standard InChI is InChI=1S/C6H10O/c1-4-5-7-6(2)3/h4-5H,2H2,1,3H3. The molecule has 1 heteroatoms. The van der Waals surface area contributed by atoms with Crippen LogP contribution in [0.15, 0.2) is 24.7 Å². The minimum Gasteiger partial charge on any atom is -0.471 e. The summed E-state index contributed by atoms with van der Waals surface area (Å²) in [6.07, 6.45) is 3.41. The van der Waals surface area contributed by atoms with Crippen molar-refractivity contribution in [3.63, 3.8) is 0 Å². The molecule has 0 aliphatic carbocycles. The maximum absolute atomic E-state index is 4.82. The van der Waals surface area contributed by atoms with Gasteiger partial charge in [0.1, 0.15) is 0 Å². The zero-order valence-electron chi connectivity index (χ0n) is 4.77. The Bertz CT molecular complexity index is 82.2. The summed E-state index contributed by atoms with van der Waals surface area (Å²) in [5.41, 5.74) is 0. The van der Waals surface area contributed by atoms with Gasteiger partial charge < -0.3 is 4.74 Å². The fourth-order valence-electron chi connectivity index (χ4n) is 0.184. The van der Waals surface area contributed by atoms with E-state index in [1.54, 1.807) is 13.2 Å². The highest BCUT2D eigenvalue weighted by molar-refractivity contribution is 4.79. The van der Waals surface area contributed by atoms with Crippen LogP contribution in [0.2, 0.25) is 0 Å². The molecular formula is C6H10O. The van der Waals surface area contributed by atoms with Crippen molar-refractivity contribution >= 4 is 0 Å².